The van der Waals surface area contributed by atoms with Crippen LogP contribution in [0.4, 0.5) is 19.3 Å². The molecule has 0 radical (unpaired) electrons. The van der Waals surface area contributed by atoms with Gasteiger partial charge in [-0.3, -0.25) is 4.98 Å². The predicted molar refractivity (Wildman–Crippen MR) is 80.6 cm³/mol. The third-order valence-electron chi connectivity index (χ3n) is 2.97. The largest absolute Gasteiger partial charge is 0.465 e. The lowest BCUT2D eigenvalue weighted by Gasteiger charge is -2.18. The van der Waals surface area contributed by atoms with Crippen molar-refractivity contribution >= 4 is 27.7 Å². The number of carboxylic acid groups (broad SMARTS) is 1. The molecule has 1 atom stereocenters. The first-order valence-corrected chi connectivity index (χ1v) is 7.00. The van der Waals surface area contributed by atoms with E-state index in [1.54, 1.807) is 6.07 Å². The van der Waals surface area contributed by atoms with E-state index < -0.39 is 23.6 Å². The minimum absolute atomic E-state index is 0.0895. The lowest BCUT2D eigenvalue weighted by atomic mass is 9.94. The first kappa shape index (κ1) is 16.2. The summed E-state index contributed by atoms with van der Waals surface area (Å²) in [7, 11) is 0. The molecule has 4 N–H and O–H groups in total. The van der Waals surface area contributed by atoms with E-state index in [9.17, 15) is 13.6 Å². The van der Waals surface area contributed by atoms with Crippen molar-refractivity contribution in [2.75, 3.05) is 12.3 Å². The molecule has 22 heavy (non-hydrogen) atoms. The van der Waals surface area contributed by atoms with E-state index in [1.165, 1.54) is 6.20 Å². The van der Waals surface area contributed by atoms with E-state index in [-0.39, 0.29) is 12.1 Å². The Morgan fingerprint density at radius 3 is 2.50 bits per heavy atom. The van der Waals surface area contributed by atoms with Crippen LogP contribution in [0.15, 0.2) is 34.9 Å². The van der Waals surface area contributed by atoms with Gasteiger partial charge in [0.25, 0.3) is 0 Å². The number of nitrogens with zero attached hydrogens (tertiary/aromatic N) is 1. The fourth-order valence-corrected chi connectivity index (χ4v) is 2.70. The Kier molecular flexibility index (Phi) is 4.92. The number of amides is 1. The Morgan fingerprint density at radius 2 is 1.95 bits per heavy atom. The Labute approximate surface area is 133 Å². The lowest BCUT2D eigenvalue weighted by molar-refractivity contribution is 0.194. The number of hydrogen-bond donors (Lipinski definition) is 3. The first-order chi connectivity index (χ1) is 10.4. The molecule has 1 amide bonds. The van der Waals surface area contributed by atoms with Crippen LogP contribution in [0.2, 0.25) is 0 Å². The van der Waals surface area contributed by atoms with Crippen molar-refractivity contribution in [3.63, 3.8) is 0 Å². The second-order valence-electron chi connectivity index (χ2n) is 4.58. The fourth-order valence-electron chi connectivity index (χ4n) is 2.06. The van der Waals surface area contributed by atoms with Gasteiger partial charge in [0, 0.05) is 23.0 Å². The van der Waals surface area contributed by atoms with Gasteiger partial charge in [-0.1, -0.05) is 0 Å². The van der Waals surface area contributed by atoms with Crippen LogP contribution in [0.25, 0.3) is 0 Å². The smallest absolute Gasteiger partial charge is 0.404 e. The van der Waals surface area contributed by atoms with Crippen LogP contribution in [-0.4, -0.2) is 22.7 Å². The van der Waals surface area contributed by atoms with Gasteiger partial charge < -0.3 is 16.2 Å². The molecular weight excluding hydrogens is 360 g/mol. The number of nitrogens with two attached hydrogens (primary N) is 1. The Hall–Kier alpha value is -2.22. The molecule has 0 saturated carbocycles. The van der Waals surface area contributed by atoms with Crippen molar-refractivity contribution < 1.29 is 18.7 Å². The van der Waals surface area contributed by atoms with Gasteiger partial charge >= 0.3 is 6.09 Å². The van der Waals surface area contributed by atoms with E-state index in [4.69, 9.17) is 10.8 Å². The Morgan fingerprint density at radius 1 is 1.32 bits per heavy atom. The van der Waals surface area contributed by atoms with E-state index in [2.05, 4.69) is 26.2 Å². The van der Waals surface area contributed by atoms with Gasteiger partial charge in [0.05, 0.1) is 17.6 Å². The predicted octanol–water partition coefficient (Wildman–Crippen LogP) is 3.10. The van der Waals surface area contributed by atoms with Gasteiger partial charge in [-0.15, -0.1) is 0 Å². The number of carbonyl (C=O) groups is 1. The van der Waals surface area contributed by atoms with Crippen molar-refractivity contribution in [3.05, 3.63) is 57.8 Å². The molecule has 1 heterocycles. The van der Waals surface area contributed by atoms with Gasteiger partial charge in [-0.25, -0.2) is 13.6 Å². The molecule has 1 aromatic carbocycles. The highest BCUT2D eigenvalue weighted by Crippen LogP contribution is 2.30. The molecule has 8 heteroatoms. The van der Waals surface area contributed by atoms with Gasteiger partial charge in [0.15, 0.2) is 0 Å². The number of halogens is 3. The summed E-state index contributed by atoms with van der Waals surface area (Å²) in [6.45, 7) is -0.0895. The molecule has 116 valence electrons. The molecular formula is C14H12BrF2N3O2. The topological polar surface area (TPSA) is 88.2 Å². The number of anilines is 1. The summed E-state index contributed by atoms with van der Waals surface area (Å²) in [6.07, 6.45) is 0.150. The third-order valence-corrected chi connectivity index (χ3v) is 3.60. The summed E-state index contributed by atoms with van der Waals surface area (Å²) in [5.74, 6) is -2.17. The quantitative estimate of drug-likeness (QED) is 0.770. The average molecular weight is 372 g/mol. The summed E-state index contributed by atoms with van der Waals surface area (Å²) >= 11 is 3.28. The molecule has 0 spiro atoms. The fraction of sp³-hybridized carbons (Fsp3) is 0.143. The molecule has 0 aliphatic rings. The maximum atomic E-state index is 13.4. The zero-order valence-electron chi connectivity index (χ0n) is 11.2. The molecule has 0 aliphatic carbocycles. The van der Waals surface area contributed by atoms with Crippen LogP contribution in [-0.2, 0) is 0 Å². The standard InChI is InChI=1S/C14H12BrF2N3O2/c15-12-4-10(18)5-19-13(12)11(6-20-14(21)22)7-1-8(16)3-9(17)2-7/h1-5,11,20H,6,18H2,(H,21,22). The maximum absolute atomic E-state index is 13.4. The monoisotopic (exact) mass is 371 g/mol. The number of benzene rings is 1. The Bertz CT molecular complexity index is 692. The van der Waals surface area contributed by atoms with Crippen molar-refractivity contribution in [1.29, 1.82) is 0 Å². The second-order valence-corrected chi connectivity index (χ2v) is 5.43. The number of nitrogens with one attached hydrogen (secondary N) is 1. The van der Waals surface area contributed by atoms with E-state index in [1.807, 2.05) is 0 Å². The molecule has 1 unspecified atom stereocenters. The highest BCUT2D eigenvalue weighted by Gasteiger charge is 2.21. The van der Waals surface area contributed by atoms with Crippen LogP contribution in [0.3, 0.4) is 0 Å². The zero-order chi connectivity index (χ0) is 16.3. The second kappa shape index (κ2) is 6.69. The summed E-state index contributed by atoms with van der Waals surface area (Å²) < 4.78 is 27.4. The van der Waals surface area contributed by atoms with Gasteiger partial charge in [0.1, 0.15) is 11.6 Å². The number of rotatable bonds is 4. The summed E-state index contributed by atoms with van der Waals surface area (Å²) in [6, 6.07) is 4.62. The normalized spacial score (nSPS) is 12.0. The molecule has 0 aliphatic heterocycles. The van der Waals surface area contributed by atoms with Crippen molar-refractivity contribution in [1.82, 2.24) is 10.3 Å². The van der Waals surface area contributed by atoms with E-state index >= 15 is 0 Å². The average Bonchev–Trinajstić information content (AvgIpc) is 2.39. The minimum Gasteiger partial charge on any atom is -0.465 e. The number of pyridine rings is 1. The van der Waals surface area contributed by atoms with E-state index in [0.29, 0.717) is 15.9 Å². The summed E-state index contributed by atoms with van der Waals surface area (Å²) in [5.41, 5.74) is 6.71. The number of hydrogen-bond acceptors (Lipinski definition) is 3. The summed E-state index contributed by atoms with van der Waals surface area (Å²) in [4.78, 5) is 14.9. The molecule has 2 aromatic rings. The lowest BCUT2D eigenvalue weighted by Crippen LogP contribution is -2.28. The van der Waals surface area contributed by atoms with Gasteiger partial charge in [-0.05, 0) is 39.7 Å². The highest BCUT2D eigenvalue weighted by atomic mass is 79.9. The molecule has 0 fully saturated rings. The van der Waals surface area contributed by atoms with Crippen molar-refractivity contribution in [2.24, 2.45) is 0 Å². The summed E-state index contributed by atoms with van der Waals surface area (Å²) in [5, 5.41) is 11.0. The van der Waals surface area contributed by atoms with Crippen molar-refractivity contribution in [3.8, 4) is 0 Å². The maximum Gasteiger partial charge on any atom is 0.404 e. The number of nitrogen functional groups attached to an aromatic ring is 1. The molecule has 2 rings (SSSR count). The first-order valence-electron chi connectivity index (χ1n) is 6.20. The van der Waals surface area contributed by atoms with Crippen LogP contribution >= 0.6 is 15.9 Å². The SMILES string of the molecule is Nc1cnc(C(CNC(=O)O)c2cc(F)cc(F)c2)c(Br)c1. The number of aromatic nitrogens is 1. The molecule has 0 saturated heterocycles. The molecule has 1 aromatic heterocycles. The van der Waals surface area contributed by atoms with Crippen LogP contribution in [0.5, 0.6) is 0 Å². The van der Waals surface area contributed by atoms with Crippen molar-refractivity contribution in [2.45, 2.75) is 5.92 Å². The zero-order valence-corrected chi connectivity index (χ0v) is 12.8. The van der Waals surface area contributed by atoms with Crippen LogP contribution < -0.4 is 11.1 Å². The van der Waals surface area contributed by atoms with Gasteiger partial charge in [0.2, 0.25) is 0 Å². The third kappa shape index (κ3) is 3.91. The molecule has 0 bridgehead atoms. The van der Waals surface area contributed by atoms with E-state index in [0.717, 1.165) is 18.2 Å². The Balaban J connectivity index is 2.47. The molecule has 5 nitrogen and oxygen atoms in total. The highest BCUT2D eigenvalue weighted by molar-refractivity contribution is 9.10. The van der Waals surface area contributed by atoms with Crippen LogP contribution in [0.1, 0.15) is 17.2 Å². The van der Waals surface area contributed by atoms with Crippen LogP contribution in [0, 0.1) is 11.6 Å². The minimum atomic E-state index is -1.24. The van der Waals surface area contributed by atoms with Gasteiger partial charge in [-0.2, -0.15) is 0 Å².